The summed E-state index contributed by atoms with van der Waals surface area (Å²) in [4.78, 5) is 22.7. The molecule has 0 aliphatic carbocycles. The highest BCUT2D eigenvalue weighted by Crippen LogP contribution is 2.27. The molecule has 37 heavy (non-hydrogen) atoms. The fraction of sp³-hybridized carbons (Fsp3) is 0.444. The summed E-state index contributed by atoms with van der Waals surface area (Å²) in [6, 6.07) is 0.0147. The Kier molecular flexibility index (Phi) is 9.73. The van der Waals surface area contributed by atoms with Gasteiger partial charge in [0.25, 0.3) is 0 Å². The summed E-state index contributed by atoms with van der Waals surface area (Å²) in [5, 5.41) is 14.4. The quantitative estimate of drug-likeness (QED) is 0.170. The van der Waals surface area contributed by atoms with E-state index in [0.29, 0.717) is 18.2 Å². The number of carbonyl (C=O) groups is 1. The van der Waals surface area contributed by atoms with Gasteiger partial charge in [0.2, 0.25) is 5.91 Å². The second kappa shape index (κ2) is 13.0. The number of nitrogens with two attached hydrogens (primary N) is 2. The van der Waals surface area contributed by atoms with E-state index in [1.54, 1.807) is 11.1 Å². The van der Waals surface area contributed by atoms with Crippen LogP contribution < -0.4 is 22.1 Å². The largest absolute Gasteiger partial charge is 0.404 e. The van der Waals surface area contributed by atoms with Crippen LogP contribution >= 0.6 is 0 Å². The standard InChI is InChI=1S/C27H41N9O/c1-19(2)20(14-28)13-25(30)33-26-7-6-24-23(32-26)12-21(17-35(24)4)22(15-29)16-31-8-5-9-36-11-10-34(3)27(37)18-36/h6-7,12-17,19,24,29,31H,5,8-11,18,28,30H2,1-4H3,(H,32,33)/b20-14+,22-16+,25-13+,29-15?. The third-order valence-electron chi connectivity index (χ3n) is 6.61. The maximum atomic E-state index is 11.9. The lowest BCUT2D eigenvalue weighted by atomic mass is 9.99. The number of hydrogen-bond acceptors (Lipinski definition) is 9. The Hall–Kier alpha value is -3.79. The van der Waals surface area contributed by atoms with Gasteiger partial charge in [-0.1, -0.05) is 19.9 Å². The van der Waals surface area contributed by atoms with E-state index in [-0.39, 0.29) is 17.9 Å². The smallest absolute Gasteiger partial charge is 0.236 e. The molecule has 3 aliphatic heterocycles. The Morgan fingerprint density at radius 3 is 2.78 bits per heavy atom. The van der Waals surface area contributed by atoms with Gasteiger partial charge in [-0.2, -0.15) is 0 Å². The van der Waals surface area contributed by atoms with E-state index in [0.717, 1.165) is 55.0 Å². The first kappa shape index (κ1) is 27.8. The van der Waals surface area contributed by atoms with Crippen LogP contribution in [0.3, 0.4) is 0 Å². The molecule has 7 N–H and O–H groups in total. The molecule has 1 amide bonds. The lowest BCUT2D eigenvalue weighted by molar-refractivity contribution is -0.134. The van der Waals surface area contributed by atoms with Gasteiger partial charge in [0.15, 0.2) is 0 Å². The highest BCUT2D eigenvalue weighted by Gasteiger charge is 2.24. The minimum Gasteiger partial charge on any atom is -0.404 e. The molecule has 1 saturated heterocycles. The summed E-state index contributed by atoms with van der Waals surface area (Å²) >= 11 is 0. The number of fused-ring (bicyclic) bond motifs is 1. The average Bonchev–Trinajstić information content (AvgIpc) is 2.86. The van der Waals surface area contributed by atoms with Crippen molar-refractivity contribution in [3.63, 3.8) is 0 Å². The predicted molar refractivity (Wildman–Crippen MR) is 150 cm³/mol. The van der Waals surface area contributed by atoms with Crippen LogP contribution in [0, 0.1) is 11.3 Å². The topological polar surface area (TPSA) is 139 Å². The summed E-state index contributed by atoms with van der Waals surface area (Å²) in [6.07, 6.45) is 15.5. The van der Waals surface area contributed by atoms with Crippen molar-refractivity contribution in [3.8, 4) is 0 Å². The Bertz CT molecular complexity index is 1080. The predicted octanol–water partition coefficient (Wildman–Crippen LogP) is 1.21. The van der Waals surface area contributed by atoms with E-state index in [4.69, 9.17) is 21.9 Å². The number of carbonyl (C=O) groups excluding carboxylic acids is 1. The molecule has 10 nitrogen and oxygen atoms in total. The molecule has 1 atom stereocenters. The lowest BCUT2D eigenvalue weighted by Gasteiger charge is -2.32. The van der Waals surface area contributed by atoms with Gasteiger partial charge < -0.3 is 37.3 Å². The van der Waals surface area contributed by atoms with Crippen LogP contribution in [0.25, 0.3) is 0 Å². The number of allylic oxidation sites excluding steroid dienone is 5. The van der Waals surface area contributed by atoms with Crippen molar-refractivity contribution >= 4 is 18.0 Å². The molecule has 3 heterocycles. The van der Waals surface area contributed by atoms with E-state index in [1.807, 2.05) is 44.7 Å². The number of likely N-dealkylation sites (N-methyl/N-ethyl adjacent to an activating group) is 2. The zero-order valence-electron chi connectivity index (χ0n) is 22.4. The van der Waals surface area contributed by atoms with Crippen molar-refractivity contribution in [2.45, 2.75) is 26.3 Å². The Morgan fingerprint density at radius 1 is 1.32 bits per heavy atom. The van der Waals surface area contributed by atoms with Gasteiger partial charge in [0.1, 0.15) is 11.7 Å². The van der Waals surface area contributed by atoms with Gasteiger partial charge in [0.05, 0.1) is 18.3 Å². The van der Waals surface area contributed by atoms with E-state index in [9.17, 15) is 4.79 Å². The fourth-order valence-electron chi connectivity index (χ4n) is 4.27. The maximum absolute atomic E-state index is 11.9. The third kappa shape index (κ3) is 7.60. The zero-order chi connectivity index (χ0) is 26.9. The van der Waals surface area contributed by atoms with Crippen LogP contribution in [0.2, 0.25) is 0 Å². The molecular formula is C27H41N9O. The second-order valence-electron chi connectivity index (χ2n) is 9.81. The third-order valence-corrected chi connectivity index (χ3v) is 6.61. The Morgan fingerprint density at radius 2 is 2.11 bits per heavy atom. The number of nitrogens with zero attached hydrogens (tertiary/aromatic N) is 4. The van der Waals surface area contributed by atoms with Crippen molar-refractivity contribution in [1.29, 1.82) is 5.41 Å². The molecule has 3 aliphatic rings. The summed E-state index contributed by atoms with van der Waals surface area (Å²) in [5.74, 6) is 1.55. The minimum atomic E-state index is 0.0147. The van der Waals surface area contributed by atoms with E-state index in [2.05, 4.69) is 40.4 Å². The first-order chi connectivity index (χ1) is 17.7. The number of aliphatic imine (C=N–C) groups is 1. The van der Waals surface area contributed by atoms with E-state index in [1.165, 1.54) is 6.21 Å². The molecule has 0 aromatic heterocycles. The van der Waals surface area contributed by atoms with Crippen LogP contribution in [0.4, 0.5) is 0 Å². The second-order valence-corrected chi connectivity index (χ2v) is 9.81. The summed E-state index contributed by atoms with van der Waals surface area (Å²) in [7, 11) is 3.85. The minimum absolute atomic E-state index is 0.0147. The van der Waals surface area contributed by atoms with Crippen molar-refractivity contribution in [1.82, 2.24) is 25.3 Å². The van der Waals surface area contributed by atoms with E-state index >= 15 is 0 Å². The van der Waals surface area contributed by atoms with Crippen LogP contribution in [0.15, 0.2) is 76.1 Å². The zero-order valence-corrected chi connectivity index (χ0v) is 22.4. The lowest BCUT2D eigenvalue weighted by Crippen LogP contribution is -2.48. The number of rotatable bonds is 10. The fourth-order valence-corrected chi connectivity index (χ4v) is 4.27. The molecule has 0 bridgehead atoms. The summed E-state index contributed by atoms with van der Waals surface area (Å²) in [6.45, 7) is 7.92. The van der Waals surface area contributed by atoms with Crippen molar-refractivity contribution in [2.75, 3.05) is 46.8 Å². The van der Waals surface area contributed by atoms with Crippen molar-refractivity contribution in [2.24, 2.45) is 22.4 Å². The van der Waals surface area contributed by atoms with E-state index < -0.39 is 0 Å². The van der Waals surface area contributed by atoms with Crippen LogP contribution in [-0.4, -0.2) is 85.5 Å². The monoisotopic (exact) mass is 507 g/mol. The highest BCUT2D eigenvalue weighted by molar-refractivity contribution is 5.96. The van der Waals surface area contributed by atoms with Gasteiger partial charge in [-0.05, 0) is 42.3 Å². The molecule has 0 saturated carbocycles. The van der Waals surface area contributed by atoms with Crippen molar-refractivity contribution in [3.05, 3.63) is 71.1 Å². The van der Waals surface area contributed by atoms with Gasteiger partial charge >= 0.3 is 0 Å². The van der Waals surface area contributed by atoms with Gasteiger partial charge in [0, 0.05) is 70.0 Å². The molecular weight excluding hydrogens is 466 g/mol. The number of amidine groups is 1. The molecule has 0 spiro atoms. The molecule has 10 heteroatoms. The first-order valence-corrected chi connectivity index (χ1v) is 12.7. The highest BCUT2D eigenvalue weighted by atomic mass is 16.2. The van der Waals surface area contributed by atoms with Crippen LogP contribution in [-0.2, 0) is 4.79 Å². The van der Waals surface area contributed by atoms with Crippen LogP contribution in [0.5, 0.6) is 0 Å². The summed E-state index contributed by atoms with van der Waals surface area (Å²) < 4.78 is 0. The molecule has 3 rings (SSSR count). The number of dihydropyridines is 1. The number of hydrogen-bond donors (Lipinski definition) is 5. The maximum Gasteiger partial charge on any atom is 0.236 e. The van der Waals surface area contributed by atoms with Crippen molar-refractivity contribution < 1.29 is 4.79 Å². The van der Waals surface area contributed by atoms with Gasteiger partial charge in [-0.25, -0.2) is 4.99 Å². The molecule has 1 fully saturated rings. The van der Waals surface area contributed by atoms with Gasteiger partial charge in [-0.15, -0.1) is 0 Å². The molecule has 0 aromatic rings. The Labute approximate surface area is 220 Å². The van der Waals surface area contributed by atoms with Gasteiger partial charge in [-0.3, -0.25) is 9.69 Å². The SMILES string of the molecule is CC(C)C(=C/N)/C=C(\N)NC1=NC2=CC(/C(C=N)=C/NCCCN3CCN(C)C(=O)C3)=CN(C)C2C=C1. The molecule has 200 valence electrons. The number of piperazine rings is 1. The normalized spacial score (nSPS) is 21.4. The van der Waals surface area contributed by atoms with Crippen LogP contribution in [0.1, 0.15) is 20.3 Å². The first-order valence-electron chi connectivity index (χ1n) is 12.7. The number of amides is 1. The Balaban J connectivity index is 1.61. The average molecular weight is 508 g/mol. The number of nitrogens with one attached hydrogen (secondary N) is 3. The summed E-state index contributed by atoms with van der Waals surface area (Å²) in [5.41, 5.74) is 15.4. The molecule has 0 radical (unpaired) electrons. The molecule has 1 unspecified atom stereocenters. The molecule has 0 aromatic carbocycles.